The van der Waals surface area contributed by atoms with Gasteiger partial charge in [-0.3, -0.25) is 0 Å². The number of benzene rings is 1. The minimum absolute atomic E-state index is 0.275. The first-order valence-electron chi connectivity index (χ1n) is 9.04. The number of hydrogen-bond donors (Lipinski definition) is 1. The van der Waals surface area contributed by atoms with Crippen LogP contribution < -0.4 is 5.32 Å². The standard InChI is InChI=1S/C18H23N3O3S2/c22-26(23,21-9-1-2-10-21)16-7-5-14(6-8-16)17-13-25-18(20-17)19-12-15-4-3-11-24-15/h5-8,13,15H,1-4,9-12H2,(H,19,20)/t15-/m1/s1. The fourth-order valence-corrected chi connectivity index (χ4v) is 5.62. The molecule has 1 atom stereocenters. The molecule has 0 saturated carbocycles. The molecule has 0 aliphatic carbocycles. The second-order valence-electron chi connectivity index (χ2n) is 6.69. The summed E-state index contributed by atoms with van der Waals surface area (Å²) in [5, 5.41) is 6.18. The fourth-order valence-electron chi connectivity index (χ4n) is 3.37. The van der Waals surface area contributed by atoms with Crippen LogP contribution in [0.25, 0.3) is 11.3 Å². The monoisotopic (exact) mass is 393 g/mol. The van der Waals surface area contributed by atoms with Gasteiger partial charge in [0.15, 0.2) is 5.13 Å². The lowest BCUT2D eigenvalue weighted by molar-refractivity contribution is 0.120. The Morgan fingerprint density at radius 3 is 2.65 bits per heavy atom. The molecule has 2 aliphatic rings. The highest BCUT2D eigenvalue weighted by molar-refractivity contribution is 7.89. The molecule has 26 heavy (non-hydrogen) atoms. The van der Waals surface area contributed by atoms with E-state index in [0.717, 1.165) is 55.2 Å². The Kier molecular flexibility index (Phi) is 5.26. The van der Waals surface area contributed by atoms with Gasteiger partial charge in [0.1, 0.15) is 0 Å². The minimum Gasteiger partial charge on any atom is -0.376 e. The molecule has 1 aromatic heterocycles. The maximum atomic E-state index is 12.6. The molecule has 2 fully saturated rings. The number of thiazole rings is 1. The van der Waals surface area contributed by atoms with Crippen molar-refractivity contribution < 1.29 is 13.2 Å². The molecular weight excluding hydrogens is 370 g/mol. The molecular formula is C18H23N3O3S2. The van der Waals surface area contributed by atoms with E-state index in [0.29, 0.717) is 18.0 Å². The third kappa shape index (κ3) is 3.78. The van der Waals surface area contributed by atoms with Crippen LogP contribution in [0.3, 0.4) is 0 Å². The van der Waals surface area contributed by atoms with Crippen molar-refractivity contribution in [1.29, 1.82) is 0 Å². The normalized spacial score (nSPS) is 21.3. The lowest BCUT2D eigenvalue weighted by atomic mass is 10.2. The average Bonchev–Trinajstić information content (AvgIpc) is 3.43. The van der Waals surface area contributed by atoms with Crippen LogP contribution in [0.15, 0.2) is 34.5 Å². The summed E-state index contributed by atoms with van der Waals surface area (Å²) >= 11 is 1.55. The van der Waals surface area contributed by atoms with E-state index in [4.69, 9.17) is 4.74 Å². The molecule has 0 spiro atoms. The molecule has 3 heterocycles. The van der Waals surface area contributed by atoms with Crippen molar-refractivity contribution in [3.63, 3.8) is 0 Å². The summed E-state index contributed by atoms with van der Waals surface area (Å²) < 4.78 is 32.4. The molecule has 2 saturated heterocycles. The van der Waals surface area contributed by atoms with Gasteiger partial charge in [-0.1, -0.05) is 12.1 Å². The van der Waals surface area contributed by atoms with Crippen LogP contribution >= 0.6 is 11.3 Å². The largest absolute Gasteiger partial charge is 0.376 e. The highest BCUT2D eigenvalue weighted by atomic mass is 32.2. The average molecular weight is 394 g/mol. The highest BCUT2D eigenvalue weighted by Gasteiger charge is 2.27. The van der Waals surface area contributed by atoms with Crippen molar-refractivity contribution in [3.8, 4) is 11.3 Å². The molecule has 6 nitrogen and oxygen atoms in total. The van der Waals surface area contributed by atoms with E-state index in [1.165, 1.54) is 0 Å². The number of hydrogen-bond acceptors (Lipinski definition) is 6. The number of nitrogens with zero attached hydrogens (tertiary/aromatic N) is 2. The molecule has 0 bridgehead atoms. The SMILES string of the molecule is O=S(=O)(c1ccc(-c2csc(NC[C@H]3CCCO3)n2)cc1)N1CCCC1. The topological polar surface area (TPSA) is 71.5 Å². The summed E-state index contributed by atoms with van der Waals surface area (Å²) in [4.78, 5) is 4.96. The summed E-state index contributed by atoms with van der Waals surface area (Å²) in [6, 6.07) is 7.04. The van der Waals surface area contributed by atoms with Crippen LogP contribution in [-0.2, 0) is 14.8 Å². The number of sulfonamides is 1. The predicted molar refractivity (Wildman–Crippen MR) is 103 cm³/mol. The van der Waals surface area contributed by atoms with E-state index in [9.17, 15) is 8.42 Å². The summed E-state index contributed by atoms with van der Waals surface area (Å²) in [6.07, 6.45) is 4.38. The molecule has 2 aliphatic heterocycles. The number of aromatic nitrogens is 1. The fraction of sp³-hybridized carbons (Fsp3) is 0.500. The second-order valence-corrected chi connectivity index (χ2v) is 9.49. The smallest absolute Gasteiger partial charge is 0.243 e. The van der Waals surface area contributed by atoms with E-state index < -0.39 is 10.0 Å². The summed E-state index contributed by atoms with van der Waals surface area (Å²) in [5.41, 5.74) is 1.78. The lowest BCUT2D eigenvalue weighted by Crippen LogP contribution is -2.27. The number of rotatable bonds is 6. The van der Waals surface area contributed by atoms with Crippen molar-refractivity contribution in [2.24, 2.45) is 0 Å². The van der Waals surface area contributed by atoms with Crippen molar-refractivity contribution >= 4 is 26.5 Å². The van der Waals surface area contributed by atoms with Crippen LogP contribution in [0.2, 0.25) is 0 Å². The molecule has 140 valence electrons. The van der Waals surface area contributed by atoms with E-state index in [2.05, 4.69) is 10.3 Å². The van der Waals surface area contributed by atoms with Crippen LogP contribution in [0, 0.1) is 0 Å². The van der Waals surface area contributed by atoms with Gasteiger partial charge in [0, 0.05) is 37.2 Å². The lowest BCUT2D eigenvalue weighted by Gasteiger charge is -2.15. The van der Waals surface area contributed by atoms with Crippen LogP contribution in [0.4, 0.5) is 5.13 Å². The molecule has 2 aromatic rings. The molecule has 1 aromatic carbocycles. The van der Waals surface area contributed by atoms with Crippen molar-refractivity contribution in [3.05, 3.63) is 29.6 Å². The van der Waals surface area contributed by atoms with Crippen LogP contribution in [-0.4, -0.2) is 50.1 Å². The quantitative estimate of drug-likeness (QED) is 0.816. The first kappa shape index (κ1) is 17.9. The predicted octanol–water partition coefficient (Wildman–Crippen LogP) is 3.19. The Morgan fingerprint density at radius 1 is 1.19 bits per heavy atom. The number of ether oxygens (including phenoxy) is 1. The summed E-state index contributed by atoms with van der Waals surface area (Å²) in [7, 11) is -3.36. The van der Waals surface area contributed by atoms with Crippen molar-refractivity contribution in [2.45, 2.75) is 36.7 Å². The summed E-state index contributed by atoms with van der Waals surface area (Å²) in [5.74, 6) is 0. The van der Waals surface area contributed by atoms with Gasteiger partial charge < -0.3 is 10.1 Å². The zero-order valence-electron chi connectivity index (χ0n) is 14.6. The second kappa shape index (κ2) is 7.64. The Bertz CT molecular complexity index is 837. The Balaban J connectivity index is 1.43. The third-order valence-corrected chi connectivity index (χ3v) is 7.57. The maximum Gasteiger partial charge on any atom is 0.243 e. The Labute approximate surface area is 158 Å². The third-order valence-electron chi connectivity index (χ3n) is 4.86. The first-order valence-corrected chi connectivity index (χ1v) is 11.4. The molecule has 0 unspecified atom stereocenters. The molecule has 0 radical (unpaired) electrons. The molecule has 8 heteroatoms. The maximum absolute atomic E-state index is 12.6. The van der Waals surface area contributed by atoms with Gasteiger partial charge in [-0.05, 0) is 37.8 Å². The van der Waals surface area contributed by atoms with Crippen LogP contribution in [0.5, 0.6) is 0 Å². The van der Waals surface area contributed by atoms with Crippen LogP contribution in [0.1, 0.15) is 25.7 Å². The van der Waals surface area contributed by atoms with E-state index >= 15 is 0 Å². The van der Waals surface area contributed by atoms with E-state index in [-0.39, 0.29) is 6.10 Å². The van der Waals surface area contributed by atoms with E-state index in [1.54, 1.807) is 27.8 Å². The van der Waals surface area contributed by atoms with Gasteiger partial charge in [0.05, 0.1) is 16.7 Å². The number of anilines is 1. The molecule has 4 rings (SSSR count). The highest BCUT2D eigenvalue weighted by Crippen LogP contribution is 2.28. The number of nitrogens with one attached hydrogen (secondary N) is 1. The Hall–Kier alpha value is -1.48. The zero-order valence-corrected chi connectivity index (χ0v) is 16.2. The molecule has 1 N–H and O–H groups in total. The summed E-state index contributed by atoms with van der Waals surface area (Å²) in [6.45, 7) is 2.87. The van der Waals surface area contributed by atoms with Gasteiger partial charge in [-0.15, -0.1) is 11.3 Å². The van der Waals surface area contributed by atoms with Gasteiger partial charge in [0.2, 0.25) is 10.0 Å². The van der Waals surface area contributed by atoms with Gasteiger partial charge in [-0.25, -0.2) is 13.4 Å². The first-order chi connectivity index (χ1) is 12.6. The zero-order chi connectivity index (χ0) is 18.0. The van der Waals surface area contributed by atoms with Gasteiger partial charge in [-0.2, -0.15) is 4.31 Å². The van der Waals surface area contributed by atoms with E-state index in [1.807, 2.05) is 17.5 Å². The minimum atomic E-state index is -3.36. The van der Waals surface area contributed by atoms with Gasteiger partial charge >= 0.3 is 0 Å². The van der Waals surface area contributed by atoms with Crippen molar-refractivity contribution in [2.75, 3.05) is 31.6 Å². The van der Waals surface area contributed by atoms with Gasteiger partial charge in [0.25, 0.3) is 0 Å². The Morgan fingerprint density at radius 2 is 1.96 bits per heavy atom. The molecule has 0 amide bonds. The van der Waals surface area contributed by atoms with Crippen molar-refractivity contribution in [1.82, 2.24) is 9.29 Å².